The van der Waals surface area contributed by atoms with Gasteiger partial charge in [-0.05, 0) is 47.5 Å². The molecule has 4 aromatic rings. The van der Waals surface area contributed by atoms with E-state index in [1.165, 1.54) is 16.2 Å². The van der Waals surface area contributed by atoms with Crippen LogP contribution in [0.4, 0.5) is 0 Å². The fraction of sp³-hybridized carbons (Fsp3) is 0.290. The zero-order valence-electron chi connectivity index (χ0n) is 24.0. The second-order valence-corrected chi connectivity index (χ2v) is 11.8. The molecule has 2 aromatic heterocycles. The molecular weight excluding hydrogens is 584 g/mol. The predicted molar refractivity (Wildman–Crippen MR) is 163 cm³/mol. The maximum absolute atomic E-state index is 13.3. The van der Waals surface area contributed by atoms with Crippen LogP contribution in [0.1, 0.15) is 27.2 Å². The number of hydrogen-bond donors (Lipinski definition) is 5. The summed E-state index contributed by atoms with van der Waals surface area (Å²) in [5.74, 6) is -2.41. The van der Waals surface area contributed by atoms with Crippen LogP contribution < -0.4 is 16.1 Å². The molecule has 1 unspecified atom stereocenters. The van der Waals surface area contributed by atoms with E-state index in [2.05, 4.69) is 33.4 Å². The van der Waals surface area contributed by atoms with Crippen LogP contribution in [0, 0.1) is 5.41 Å². The summed E-state index contributed by atoms with van der Waals surface area (Å²) in [4.78, 5) is 41.7. The molecule has 13 heteroatoms. The second-order valence-electron chi connectivity index (χ2n) is 10.8. The number of aromatic nitrogens is 1. The molecule has 2 saturated heterocycles. The van der Waals surface area contributed by atoms with E-state index in [0.29, 0.717) is 24.3 Å². The molecule has 2 fully saturated rings. The highest BCUT2D eigenvalue weighted by molar-refractivity contribution is 7.10. The number of hydroxylamine groups is 1. The Balaban J connectivity index is 1.08. The fourth-order valence-electron chi connectivity index (χ4n) is 5.64. The molecule has 5 N–H and O–H groups in total. The Hall–Kier alpha value is -4.56. The second kappa shape index (κ2) is 12.2. The van der Waals surface area contributed by atoms with Crippen LogP contribution in [0.2, 0.25) is 0 Å². The zero-order valence-corrected chi connectivity index (χ0v) is 24.8. The van der Waals surface area contributed by atoms with Crippen LogP contribution in [0.15, 0.2) is 66.2 Å². The molecular formula is C31H32N6O6S. The topological polar surface area (TPSA) is 158 Å². The minimum atomic E-state index is -1.06. The molecule has 4 heterocycles. The molecule has 2 aliphatic heterocycles. The number of amides is 3. The molecule has 2 aromatic carbocycles. The average molecular weight is 617 g/mol. The molecule has 1 spiro atoms. The molecule has 0 radical (unpaired) electrons. The number of amidine groups is 1. The first-order chi connectivity index (χ1) is 21.2. The van der Waals surface area contributed by atoms with Crippen LogP contribution in [0.25, 0.3) is 22.0 Å². The number of rotatable bonds is 8. The summed E-state index contributed by atoms with van der Waals surface area (Å²) >= 11 is 1.33. The maximum Gasteiger partial charge on any atom is 0.251 e. The van der Waals surface area contributed by atoms with E-state index in [9.17, 15) is 14.4 Å². The zero-order chi connectivity index (χ0) is 30.8. The molecule has 44 heavy (non-hydrogen) atoms. The van der Waals surface area contributed by atoms with E-state index < -0.39 is 23.6 Å². The lowest BCUT2D eigenvalue weighted by molar-refractivity contribution is -0.152. The number of ether oxygens (including phenoxy) is 2. The van der Waals surface area contributed by atoms with Gasteiger partial charge in [-0.1, -0.05) is 18.2 Å². The van der Waals surface area contributed by atoms with Gasteiger partial charge in [0.05, 0.1) is 32.8 Å². The highest BCUT2D eigenvalue weighted by atomic mass is 32.1. The van der Waals surface area contributed by atoms with Crippen LogP contribution in [-0.2, 0) is 32.7 Å². The molecule has 228 valence electrons. The summed E-state index contributed by atoms with van der Waals surface area (Å²) in [7, 11) is 2.00. The Labute approximate surface area is 257 Å². The molecule has 0 saturated carbocycles. The number of hydrogen-bond acceptors (Lipinski definition) is 8. The molecule has 3 amide bonds. The smallest absolute Gasteiger partial charge is 0.251 e. The number of likely N-dealkylation sites (tertiary alicyclic amines) is 1. The monoisotopic (exact) mass is 616 g/mol. The summed E-state index contributed by atoms with van der Waals surface area (Å²) in [6.45, 7) is 0.691. The van der Waals surface area contributed by atoms with Gasteiger partial charge < -0.3 is 29.6 Å². The van der Waals surface area contributed by atoms with Crippen molar-refractivity contribution in [2.45, 2.75) is 24.8 Å². The molecule has 1 atom stereocenters. The van der Waals surface area contributed by atoms with Crippen molar-refractivity contribution < 1.29 is 29.1 Å². The van der Waals surface area contributed by atoms with Gasteiger partial charge in [0.1, 0.15) is 11.9 Å². The molecule has 12 nitrogen and oxygen atoms in total. The Morgan fingerprint density at radius 1 is 1.02 bits per heavy atom. The third-order valence-corrected chi connectivity index (χ3v) is 8.92. The van der Waals surface area contributed by atoms with E-state index in [0.717, 1.165) is 26.9 Å². The maximum atomic E-state index is 13.3. The predicted octanol–water partition coefficient (Wildman–Crippen LogP) is 2.60. The summed E-state index contributed by atoms with van der Waals surface area (Å²) < 4.78 is 13.7. The first kappa shape index (κ1) is 29.5. The number of carbonyl (C=O) groups excluding carboxylic acids is 3. The van der Waals surface area contributed by atoms with Gasteiger partial charge in [0.25, 0.3) is 5.91 Å². The van der Waals surface area contributed by atoms with Crippen molar-refractivity contribution >= 4 is 45.8 Å². The third kappa shape index (κ3) is 5.95. The highest BCUT2D eigenvalue weighted by Gasteiger charge is 2.52. The summed E-state index contributed by atoms with van der Waals surface area (Å²) in [5, 5.41) is 25.0. The van der Waals surface area contributed by atoms with E-state index in [4.69, 9.17) is 20.1 Å². The minimum Gasteiger partial charge on any atom is -0.351 e. The van der Waals surface area contributed by atoms with Crippen molar-refractivity contribution in [3.05, 3.63) is 82.2 Å². The van der Waals surface area contributed by atoms with Crippen molar-refractivity contribution in [3.8, 4) is 11.1 Å². The van der Waals surface area contributed by atoms with Crippen molar-refractivity contribution in [2.75, 3.05) is 26.3 Å². The van der Waals surface area contributed by atoms with Crippen LogP contribution >= 0.6 is 11.3 Å². The quantitative estimate of drug-likeness (QED) is 0.116. The number of aryl methyl sites for hydroxylation is 1. The van der Waals surface area contributed by atoms with E-state index in [1.54, 1.807) is 29.1 Å². The first-order valence-electron chi connectivity index (χ1n) is 14.1. The Morgan fingerprint density at radius 2 is 1.77 bits per heavy atom. The first-order valence-corrected chi connectivity index (χ1v) is 15.0. The van der Waals surface area contributed by atoms with Crippen molar-refractivity contribution in [3.63, 3.8) is 0 Å². The Bertz CT molecular complexity index is 1720. The fourth-order valence-corrected chi connectivity index (χ4v) is 6.45. The SMILES string of the molecule is Cn1ccc2cc(-c3ccc(C(=O)NCC(=O)N4CC5(CC4C(=O)NCc4cc(C(=N)NO)cs4)OCCO5)cc3)ccc21. The third-order valence-electron chi connectivity index (χ3n) is 7.99. The van der Waals surface area contributed by atoms with Gasteiger partial charge >= 0.3 is 0 Å². The van der Waals surface area contributed by atoms with Crippen molar-refractivity contribution in [2.24, 2.45) is 7.05 Å². The standard InChI is InChI=1S/C31H32N6O6S/c1-36-9-8-22-12-21(6-7-25(22)36)19-2-4-20(5-3-19)29(39)34-16-27(38)37-18-31(42-10-11-43-31)14-26(37)30(40)33-15-24-13-23(17-44-24)28(32)35-41/h2-9,12-13,17,26,41H,10-11,14-16,18H2,1H3,(H2,32,35)(H,33,40)(H,34,39). The van der Waals surface area contributed by atoms with Gasteiger partial charge in [0.15, 0.2) is 5.79 Å². The summed E-state index contributed by atoms with van der Waals surface area (Å²) in [6, 6.07) is 16.3. The van der Waals surface area contributed by atoms with Crippen LogP contribution in [-0.4, -0.2) is 76.4 Å². The number of carbonyl (C=O) groups is 3. The van der Waals surface area contributed by atoms with E-state index >= 15 is 0 Å². The van der Waals surface area contributed by atoms with E-state index in [1.807, 2.05) is 31.4 Å². The van der Waals surface area contributed by atoms with Gasteiger partial charge in [-0.2, -0.15) is 0 Å². The number of thiophene rings is 1. The lowest BCUT2D eigenvalue weighted by Crippen LogP contribution is -2.49. The molecule has 0 aliphatic carbocycles. The highest BCUT2D eigenvalue weighted by Crippen LogP contribution is 2.35. The van der Waals surface area contributed by atoms with Gasteiger partial charge in [-0.15, -0.1) is 11.3 Å². The number of fused-ring (bicyclic) bond motifs is 1. The Kier molecular flexibility index (Phi) is 8.19. The number of benzene rings is 2. The van der Waals surface area contributed by atoms with Gasteiger partial charge in [-0.25, -0.2) is 0 Å². The van der Waals surface area contributed by atoms with E-state index in [-0.39, 0.29) is 37.8 Å². The van der Waals surface area contributed by atoms with Crippen molar-refractivity contribution in [1.82, 2.24) is 25.6 Å². The van der Waals surface area contributed by atoms with Gasteiger partial charge in [0, 0.05) is 52.0 Å². The molecule has 2 aliphatic rings. The lowest BCUT2D eigenvalue weighted by atomic mass is 10.0. The minimum absolute atomic E-state index is 0.0722. The van der Waals surface area contributed by atoms with Gasteiger partial charge in [-0.3, -0.25) is 30.5 Å². The summed E-state index contributed by atoms with van der Waals surface area (Å²) in [5.41, 5.74) is 5.85. The molecule has 0 bridgehead atoms. The number of nitrogens with zero attached hydrogens (tertiary/aromatic N) is 2. The molecule has 6 rings (SSSR count). The number of nitrogens with one attached hydrogen (secondary N) is 4. The van der Waals surface area contributed by atoms with Crippen LogP contribution in [0.3, 0.4) is 0 Å². The largest absolute Gasteiger partial charge is 0.351 e. The van der Waals surface area contributed by atoms with Gasteiger partial charge in [0.2, 0.25) is 11.8 Å². The lowest BCUT2D eigenvalue weighted by Gasteiger charge is -2.24. The normalized spacial score (nSPS) is 17.2. The van der Waals surface area contributed by atoms with Crippen molar-refractivity contribution in [1.29, 1.82) is 5.41 Å². The summed E-state index contributed by atoms with van der Waals surface area (Å²) in [6.07, 6.45) is 2.18. The average Bonchev–Trinajstić information content (AvgIpc) is 3.86. The Morgan fingerprint density at radius 3 is 2.52 bits per heavy atom. The van der Waals surface area contributed by atoms with Crippen LogP contribution in [0.5, 0.6) is 0 Å².